The van der Waals surface area contributed by atoms with Gasteiger partial charge in [-0.2, -0.15) is 0 Å². The molecule has 0 saturated carbocycles. The maximum Gasteiger partial charge on any atom is 0.240 e. The van der Waals surface area contributed by atoms with Crippen LogP contribution in [-0.4, -0.2) is 22.0 Å². The van der Waals surface area contributed by atoms with Gasteiger partial charge in [0.05, 0.1) is 11.0 Å². The van der Waals surface area contributed by atoms with Crippen LogP contribution in [0, 0.1) is 0 Å². The Bertz CT molecular complexity index is 824. The molecule has 2 aromatic carbocycles. The molecule has 0 unspecified atom stereocenters. The van der Waals surface area contributed by atoms with Gasteiger partial charge in [0, 0.05) is 16.6 Å². The first kappa shape index (κ1) is 15.7. The Morgan fingerprint density at radius 1 is 1.17 bits per heavy atom. The van der Waals surface area contributed by atoms with Gasteiger partial charge in [0.25, 0.3) is 0 Å². The molecule has 23 heavy (non-hydrogen) atoms. The van der Waals surface area contributed by atoms with Gasteiger partial charge in [-0.3, -0.25) is 4.79 Å². The highest BCUT2D eigenvalue weighted by Gasteiger charge is 2.14. The van der Waals surface area contributed by atoms with Crippen molar-refractivity contribution in [1.29, 1.82) is 0 Å². The number of fused-ring (bicyclic) bond motifs is 1. The van der Waals surface area contributed by atoms with E-state index in [9.17, 15) is 4.79 Å². The van der Waals surface area contributed by atoms with Crippen molar-refractivity contribution >= 4 is 32.9 Å². The summed E-state index contributed by atoms with van der Waals surface area (Å²) in [5, 5.41) is 2.93. The number of para-hydroxylation sites is 2. The highest BCUT2D eigenvalue weighted by atomic mass is 79.9. The van der Waals surface area contributed by atoms with Gasteiger partial charge in [-0.05, 0) is 30.7 Å². The fourth-order valence-corrected chi connectivity index (χ4v) is 2.78. The summed E-state index contributed by atoms with van der Waals surface area (Å²) in [6.07, 6.45) is 0.927. The fraction of sp³-hybridized carbons (Fsp3) is 0.222. The first-order valence-corrected chi connectivity index (χ1v) is 8.46. The third-order valence-corrected chi connectivity index (χ3v) is 4.16. The molecule has 118 valence electrons. The smallest absolute Gasteiger partial charge is 0.240 e. The van der Waals surface area contributed by atoms with E-state index in [1.807, 2.05) is 60.0 Å². The quantitative estimate of drug-likeness (QED) is 0.736. The molecule has 1 heterocycles. The molecule has 0 aliphatic rings. The number of carbonyl (C=O) groups excluding carboxylic acids is 1. The predicted octanol–water partition coefficient (Wildman–Crippen LogP) is 3.99. The molecular weight excluding hydrogens is 354 g/mol. The van der Waals surface area contributed by atoms with E-state index in [0.29, 0.717) is 6.54 Å². The summed E-state index contributed by atoms with van der Waals surface area (Å²) >= 11 is 3.45. The topological polar surface area (TPSA) is 46.9 Å². The van der Waals surface area contributed by atoms with Crippen LogP contribution in [0.25, 0.3) is 22.4 Å². The van der Waals surface area contributed by atoms with Crippen LogP contribution in [0.5, 0.6) is 0 Å². The van der Waals surface area contributed by atoms with Crippen molar-refractivity contribution in [2.45, 2.75) is 19.9 Å². The minimum Gasteiger partial charge on any atom is -0.355 e. The molecule has 0 aliphatic heterocycles. The minimum absolute atomic E-state index is 0.00775. The number of carbonyl (C=O) groups is 1. The van der Waals surface area contributed by atoms with E-state index in [1.165, 1.54) is 0 Å². The highest BCUT2D eigenvalue weighted by molar-refractivity contribution is 9.10. The third kappa shape index (κ3) is 3.45. The zero-order chi connectivity index (χ0) is 16.2. The van der Waals surface area contributed by atoms with E-state index in [0.717, 1.165) is 33.3 Å². The number of amides is 1. The monoisotopic (exact) mass is 371 g/mol. The fourth-order valence-electron chi connectivity index (χ4n) is 2.52. The molecule has 0 spiro atoms. The summed E-state index contributed by atoms with van der Waals surface area (Å²) in [5.74, 6) is 0.818. The summed E-state index contributed by atoms with van der Waals surface area (Å²) in [5.41, 5.74) is 2.86. The molecular formula is C18H18BrN3O. The minimum atomic E-state index is 0.00775. The summed E-state index contributed by atoms with van der Waals surface area (Å²) in [6.45, 7) is 3.01. The molecule has 1 amide bonds. The molecule has 3 rings (SSSR count). The summed E-state index contributed by atoms with van der Waals surface area (Å²) in [6, 6.07) is 15.9. The van der Waals surface area contributed by atoms with Crippen molar-refractivity contribution in [2.24, 2.45) is 0 Å². The molecule has 3 aromatic rings. The summed E-state index contributed by atoms with van der Waals surface area (Å²) in [4.78, 5) is 16.9. The number of hydrogen-bond donors (Lipinski definition) is 1. The molecule has 4 nitrogen and oxygen atoms in total. The lowest BCUT2D eigenvalue weighted by molar-refractivity contribution is -0.121. The normalized spacial score (nSPS) is 10.9. The van der Waals surface area contributed by atoms with E-state index in [2.05, 4.69) is 21.2 Å². The Labute approximate surface area is 143 Å². The lowest BCUT2D eigenvalue weighted by atomic mass is 10.2. The molecule has 0 saturated heterocycles. The van der Waals surface area contributed by atoms with Crippen molar-refractivity contribution in [3.05, 3.63) is 53.0 Å². The highest BCUT2D eigenvalue weighted by Crippen LogP contribution is 2.26. The first-order chi connectivity index (χ1) is 11.2. The van der Waals surface area contributed by atoms with Crippen LogP contribution in [0.2, 0.25) is 0 Å². The number of aromatic nitrogens is 2. The van der Waals surface area contributed by atoms with Crippen LogP contribution in [-0.2, 0) is 11.3 Å². The average Bonchev–Trinajstić information content (AvgIpc) is 2.92. The zero-order valence-electron chi connectivity index (χ0n) is 12.9. The average molecular weight is 372 g/mol. The lowest BCUT2D eigenvalue weighted by Gasteiger charge is -2.10. The molecule has 5 heteroatoms. The second-order valence-corrected chi connectivity index (χ2v) is 6.28. The number of imidazole rings is 1. The maximum atomic E-state index is 12.2. The molecule has 1 aromatic heterocycles. The Morgan fingerprint density at radius 2 is 1.91 bits per heavy atom. The van der Waals surface area contributed by atoms with E-state index in [1.54, 1.807) is 0 Å². The van der Waals surface area contributed by atoms with Gasteiger partial charge in [-0.25, -0.2) is 4.98 Å². The van der Waals surface area contributed by atoms with Crippen molar-refractivity contribution in [1.82, 2.24) is 14.9 Å². The van der Waals surface area contributed by atoms with Crippen molar-refractivity contribution in [2.75, 3.05) is 6.54 Å². The lowest BCUT2D eigenvalue weighted by Crippen LogP contribution is -2.28. The molecule has 0 fully saturated rings. The molecule has 0 radical (unpaired) electrons. The van der Waals surface area contributed by atoms with E-state index < -0.39 is 0 Å². The first-order valence-electron chi connectivity index (χ1n) is 7.67. The zero-order valence-corrected chi connectivity index (χ0v) is 14.5. The van der Waals surface area contributed by atoms with Crippen LogP contribution in [0.15, 0.2) is 53.0 Å². The standard InChI is InChI=1S/C18H18BrN3O/c1-2-11-20-17(23)12-22-16-6-4-3-5-15(16)21-18(22)13-7-9-14(19)10-8-13/h3-10H,2,11-12H2,1H3,(H,20,23). The van der Waals surface area contributed by atoms with Gasteiger partial charge in [-0.15, -0.1) is 0 Å². The van der Waals surface area contributed by atoms with Crippen molar-refractivity contribution in [3.8, 4) is 11.4 Å². The van der Waals surface area contributed by atoms with Crippen molar-refractivity contribution in [3.63, 3.8) is 0 Å². The number of nitrogens with zero attached hydrogens (tertiary/aromatic N) is 2. The van der Waals surface area contributed by atoms with Gasteiger partial charge in [0.1, 0.15) is 12.4 Å². The molecule has 0 aliphatic carbocycles. The Balaban J connectivity index is 2.04. The van der Waals surface area contributed by atoms with Crippen LogP contribution in [0.4, 0.5) is 0 Å². The maximum absolute atomic E-state index is 12.2. The van der Waals surface area contributed by atoms with E-state index >= 15 is 0 Å². The van der Waals surface area contributed by atoms with Crippen LogP contribution in [0.3, 0.4) is 0 Å². The van der Waals surface area contributed by atoms with E-state index in [4.69, 9.17) is 4.98 Å². The van der Waals surface area contributed by atoms with Gasteiger partial charge in [-0.1, -0.05) is 47.1 Å². The molecule has 0 atom stereocenters. The largest absolute Gasteiger partial charge is 0.355 e. The number of nitrogens with one attached hydrogen (secondary N) is 1. The van der Waals surface area contributed by atoms with E-state index in [-0.39, 0.29) is 12.5 Å². The van der Waals surface area contributed by atoms with Crippen LogP contribution < -0.4 is 5.32 Å². The SMILES string of the molecule is CCCNC(=O)Cn1c(-c2ccc(Br)cc2)nc2ccccc21. The number of rotatable bonds is 5. The van der Waals surface area contributed by atoms with Gasteiger partial charge in [0.2, 0.25) is 5.91 Å². The second-order valence-electron chi connectivity index (χ2n) is 5.37. The molecule has 1 N–H and O–H groups in total. The predicted molar refractivity (Wildman–Crippen MR) is 96.2 cm³/mol. The van der Waals surface area contributed by atoms with Crippen LogP contribution >= 0.6 is 15.9 Å². The Kier molecular flexibility index (Phi) is 4.76. The summed E-state index contributed by atoms with van der Waals surface area (Å²) in [7, 11) is 0. The van der Waals surface area contributed by atoms with Crippen LogP contribution in [0.1, 0.15) is 13.3 Å². The summed E-state index contributed by atoms with van der Waals surface area (Å²) < 4.78 is 2.99. The number of benzene rings is 2. The Hall–Kier alpha value is -2.14. The van der Waals surface area contributed by atoms with Gasteiger partial charge >= 0.3 is 0 Å². The van der Waals surface area contributed by atoms with Gasteiger partial charge < -0.3 is 9.88 Å². The van der Waals surface area contributed by atoms with Gasteiger partial charge in [0.15, 0.2) is 0 Å². The third-order valence-electron chi connectivity index (χ3n) is 3.63. The Morgan fingerprint density at radius 3 is 2.65 bits per heavy atom. The number of halogens is 1. The second kappa shape index (κ2) is 6.96. The number of hydrogen-bond acceptors (Lipinski definition) is 2. The van der Waals surface area contributed by atoms with Crippen molar-refractivity contribution < 1.29 is 4.79 Å². The molecule has 0 bridgehead atoms.